The SMILES string of the molecule is O=S(=O)(c1cccc(CN2CCc3sccc3[C@@H]2c2ccccc2)c1)N1CCOCC1. The summed E-state index contributed by atoms with van der Waals surface area (Å²) in [5.74, 6) is 0. The molecule has 0 unspecified atom stereocenters. The van der Waals surface area contributed by atoms with Gasteiger partial charge in [0.25, 0.3) is 0 Å². The third-order valence-electron chi connectivity index (χ3n) is 6.07. The molecule has 0 radical (unpaired) electrons. The third kappa shape index (κ3) is 4.21. The molecular formula is C24H26N2O3S2. The molecule has 2 aromatic carbocycles. The van der Waals surface area contributed by atoms with Crippen molar-refractivity contribution in [2.45, 2.75) is 23.9 Å². The summed E-state index contributed by atoms with van der Waals surface area (Å²) in [7, 11) is -3.49. The van der Waals surface area contributed by atoms with Gasteiger partial charge in [-0.3, -0.25) is 4.90 Å². The Morgan fingerprint density at radius 3 is 2.58 bits per heavy atom. The lowest BCUT2D eigenvalue weighted by molar-refractivity contribution is 0.0730. The van der Waals surface area contributed by atoms with Crippen LogP contribution in [-0.4, -0.2) is 50.5 Å². The lowest BCUT2D eigenvalue weighted by Gasteiger charge is -2.36. The highest BCUT2D eigenvalue weighted by Gasteiger charge is 2.30. The molecule has 5 rings (SSSR count). The van der Waals surface area contributed by atoms with Crippen molar-refractivity contribution < 1.29 is 13.2 Å². The Hall–Kier alpha value is -2.03. The van der Waals surface area contributed by atoms with Gasteiger partial charge in [0.05, 0.1) is 24.2 Å². The minimum atomic E-state index is -3.49. The van der Waals surface area contributed by atoms with Gasteiger partial charge in [-0.05, 0) is 46.7 Å². The fourth-order valence-corrected chi connectivity index (χ4v) is 6.92. The number of fused-ring (bicyclic) bond motifs is 1. The summed E-state index contributed by atoms with van der Waals surface area (Å²) in [6.45, 7) is 3.39. The summed E-state index contributed by atoms with van der Waals surface area (Å²) < 4.78 is 33.1. The summed E-state index contributed by atoms with van der Waals surface area (Å²) in [5.41, 5.74) is 3.67. The molecule has 3 heterocycles. The lowest BCUT2D eigenvalue weighted by atomic mass is 9.93. The molecule has 31 heavy (non-hydrogen) atoms. The van der Waals surface area contributed by atoms with Crippen molar-refractivity contribution in [2.75, 3.05) is 32.8 Å². The fourth-order valence-electron chi connectivity index (χ4n) is 4.54. The standard InChI is InChI=1S/C24H26N2O3S2/c27-31(28,26-12-14-29-15-13-26)21-8-4-5-19(17-21)18-25-11-9-23-22(10-16-30-23)24(25)20-6-2-1-3-7-20/h1-8,10,16-17,24H,9,11-15,18H2/t24-/m0/s1. The van der Waals surface area contributed by atoms with E-state index in [-0.39, 0.29) is 6.04 Å². The van der Waals surface area contributed by atoms with Crippen molar-refractivity contribution in [3.63, 3.8) is 0 Å². The molecule has 1 aromatic heterocycles. The Kier molecular flexibility index (Phi) is 5.95. The predicted molar refractivity (Wildman–Crippen MR) is 123 cm³/mol. The van der Waals surface area contributed by atoms with Crippen LogP contribution >= 0.6 is 11.3 Å². The number of ether oxygens (including phenoxy) is 1. The first-order chi connectivity index (χ1) is 15.1. The van der Waals surface area contributed by atoms with E-state index in [1.807, 2.05) is 35.6 Å². The van der Waals surface area contributed by atoms with Gasteiger partial charge in [-0.1, -0.05) is 42.5 Å². The monoisotopic (exact) mass is 454 g/mol. The summed E-state index contributed by atoms with van der Waals surface area (Å²) >= 11 is 1.83. The van der Waals surface area contributed by atoms with Crippen LogP contribution in [0.15, 0.2) is 70.9 Å². The van der Waals surface area contributed by atoms with Crippen molar-refractivity contribution in [3.05, 3.63) is 87.6 Å². The number of hydrogen-bond acceptors (Lipinski definition) is 5. The van der Waals surface area contributed by atoms with Crippen LogP contribution in [0.1, 0.15) is 27.6 Å². The van der Waals surface area contributed by atoms with Gasteiger partial charge >= 0.3 is 0 Å². The average Bonchev–Trinajstić information content (AvgIpc) is 3.29. The zero-order valence-electron chi connectivity index (χ0n) is 17.3. The molecule has 0 saturated carbocycles. The number of sulfonamides is 1. The van der Waals surface area contributed by atoms with Crippen LogP contribution in [0.5, 0.6) is 0 Å². The van der Waals surface area contributed by atoms with Crippen LogP contribution in [0.3, 0.4) is 0 Å². The Balaban J connectivity index is 1.43. The Morgan fingerprint density at radius 2 is 1.77 bits per heavy atom. The van der Waals surface area contributed by atoms with Crippen LogP contribution in [0, 0.1) is 0 Å². The largest absolute Gasteiger partial charge is 0.379 e. The smallest absolute Gasteiger partial charge is 0.243 e. The molecular weight excluding hydrogens is 428 g/mol. The maximum atomic E-state index is 13.1. The van der Waals surface area contributed by atoms with Crippen LogP contribution in [0.25, 0.3) is 0 Å². The molecule has 1 saturated heterocycles. The van der Waals surface area contributed by atoms with Gasteiger partial charge < -0.3 is 4.74 Å². The second-order valence-corrected chi connectivity index (χ2v) is 10.9. The molecule has 162 valence electrons. The zero-order valence-corrected chi connectivity index (χ0v) is 18.9. The highest BCUT2D eigenvalue weighted by atomic mass is 32.2. The maximum absolute atomic E-state index is 13.1. The number of rotatable bonds is 5. The Morgan fingerprint density at radius 1 is 0.968 bits per heavy atom. The van der Waals surface area contributed by atoms with Gasteiger partial charge in [-0.25, -0.2) is 8.42 Å². The predicted octanol–water partition coefficient (Wildman–Crippen LogP) is 3.92. The minimum Gasteiger partial charge on any atom is -0.379 e. The molecule has 0 spiro atoms. The molecule has 1 atom stereocenters. The highest BCUT2D eigenvalue weighted by Crippen LogP contribution is 2.38. The van der Waals surface area contributed by atoms with E-state index in [1.54, 1.807) is 6.07 Å². The van der Waals surface area contributed by atoms with Gasteiger partial charge in [0.2, 0.25) is 10.0 Å². The summed E-state index contributed by atoms with van der Waals surface area (Å²) in [6.07, 6.45) is 1.03. The van der Waals surface area contributed by atoms with Crippen LogP contribution < -0.4 is 0 Å². The van der Waals surface area contributed by atoms with Gasteiger partial charge in [-0.15, -0.1) is 11.3 Å². The first-order valence-electron chi connectivity index (χ1n) is 10.6. The maximum Gasteiger partial charge on any atom is 0.243 e. The molecule has 5 nitrogen and oxygen atoms in total. The van der Waals surface area contributed by atoms with E-state index in [0.717, 1.165) is 18.5 Å². The second kappa shape index (κ2) is 8.84. The Bertz CT molecular complexity index is 1140. The number of hydrogen-bond donors (Lipinski definition) is 0. The molecule has 1 fully saturated rings. The van der Waals surface area contributed by atoms with E-state index in [1.165, 1.54) is 20.3 Å². The second-order valence-electron chi connectivity index (χ2n) is 8.00. The topological polar surface area (TPSA) is 49.9 Å². The van der Waals surface area contributed by atoms with E-state index in [2.05, 4.69) is 40.6 Å². The van der Waals surface area contributed by atoms with E-state index in [0.29, 0.717) is 37.7 Å². The van der Waals surface area contributed by atoms with Gasteiger partial charge in [-0.2, -0.15) is 4.31 Å². The van der Waals surface area contributed by atoms with E-state index >= 15 is 0 Å². The van der Waals surface area contributed by atoms with Crippen LogP contribution in [0.4, 0.5) is 0 Å². The van der Waals surface area contributed by atoms with Crippen LogP contribution in [0.2, 0.25) is 0 Å². The molecule has 0 aliphatic carbocycles. The van der Waals surface area contributed by atoms with Crippen molar-refractivity contribution in [1.82, 2.24) is 9.21 Å². The molecule has 2 aliphatic heterocycles. The minimum absolute atomic E-state index is 0.190. The zero-order chi connectivity index (χ0) is 21.3. The molecule has 3 aromatic rings. The lowest BCUT2D eigenvalue weighted by Crippen LogP contribution is -2.40. The number of nitrogens with zero attached hydrogens (tertiary/aromatic N) is 2. The number of morpholine rings is 1. The van der Waals surface area contributed by atoms with Crippen molar-refractivity contribution in [3.8, 4) is 0 Å². The normalized spacial score (nSPS) is 20.5. The molecule has 0 bridgehead atoms. The summed E-state index contributed by atoms with van der Waals surface area (Å²) in [4.78, 5) is 4.29. The summed E-state index contributed by atoms with van der Waals surface area (Å²) in [6, 6.07) is 20.5. The number of benzene rings is 2. The fraction of sp³-hybridized carbons (Fsp3) is 0.333. The van der Waals surface area contributed by atoms with Crippen molar-refractivity contribution >= 4 is 21.4 Å². The van der Waals surface area contributed by atoms with E-state index in [4.69, 9.17) is 4.74 Å². The Labute approximate surface area is 187 Å². The molecule has 7 heteroatoms. The highest BCUT2D eigenvalue weighted by molar-refractivity contribution is 7.89. The molecule has 2 aliphatic rings. The van der Waals surface area contributed by atoms with Crippen molar-refractivity contribution in [1.29, 1.82) is 0 Å². The van der Waals surface area contributed by atoms with E-state index in [9.17, 15) is 8.42 Å². The third-order valence-corrected chi connectivity index (χ3v) is 8.96. The first kappa shape index (κ1) is 20.8. The van der Waals surface area contributed by atoms with Gasteiger partial charge in [0.15, 0.2) is 0 Å². The molecule has 0 N–H and O–H groups in total. The van der Waals surface area contributed by atoms with Gasteiger partial charge in [0, 0.05) is 31.1 Å². The average molecular weight is 455 g/mol. The number of thiophene rings is 1. The quantitative estimate of drug-likeness (QED) is 0.586. The molecule has 0 amide bonds. The first-order valence-corrected chi connectivity index (χ1v) is 13.0. The van der Waals surface area contributed by atoms with Crippen molar-refractivity contribution in [2.24, 2.45) is 0 Å². The van der Waals surface area contributed by atoms with Crippen LogP contribution in [-0.2, 0) is 27.7 Å². The van der Waals surface area contributed by atoms with E-state index < -0.39 is 10.0 Å². The van der Waals surface area contributed by atoms with Gasteiger partial charge in [0.1, 0.15) is 0 Å². The summed E-state index contributed by atoms with van der Waals surface area (Å²) in [5, 5.41) is 2.18.